The molecule has 1 amide bonds. The van der Waals surface area contributed by atoms with Gasteiger partial charge in [0.2, 0.25) is 5.91 Å². The van der Waals surface area contributed by atoms with E-state index in [2.05, 4.69) is 16.9 Å². The van der Waals surface area contributed by atoms with Crippen LogP contribution in [-0.2, 0) is 11.8 Å². The molecule has 1 aliphatic carbocycles. The summed E-state index contributed by atoms with van der Waals surface area (Å²) in [6, 6.07) is 5.86. The number of imidazole rings is 1. The van der Waals surface area contributed by atoms with Gasteiger partial charge >= 0.3 is 0 Å². The maximum absolute atomic E-state index is 12.3. The summed E-state index contributed by atoms with van der Waals surface area (Å²) in [4.78, 5) is 17.0. The molecule has 3 rings (SSSR count). The molecule has 0 spiro atoms. The summed E-state index contributed by atoms with van der Waals surface area (Å²) in [5.74, 6) is 1.60. The number of nitrogens with one attached hydrogen (secondary N) is 1. The summed E-state index contributed by atoms with van der Waals surface area (Å²) in [5.41, 5.74) is 8.02. The van der Waals surface area contributed by atoms with Crippen LogP contribution in [0.5, 0.6) is 0 Å². The van der Waals surface area contributed by atoms with Crippen molar-refractivity contribution in [1.82, 2.24) is 9.55 Å². The van der Waals surface area contributed by atoms with Crippen LogP contribution in [0.15, 0.2) is 18.2 Å². The number of fused-ring (bicyclic) bond motifs is 1. The third-order valence-corrected chi connectivity index (χ3v) is 4.40. The van der Waals surface area contributed by atoms with Crippen molar-refractivity contribution in [3.05, 3.63) is 24.0 Å². The average Bonchev–Trinajstić information content (AvgIpc) is 3.24. The van der Waals surface area contributed by atoms with Gasteiger partial charge in [0.15, 0.2) is 0 Å². The lowest BCUT2D eigenvalue weighted by molar-refractivity contribution is -0.120. The van der Waals surface area contributed by atoms with Gasteiger partial charge in [0.25, 0.3) is 0 Å². The Morgan fingerprint density at radius 3 is 2.86 bits per heavy atom. The Morgan fingerprint density at radius 1 is 1.50 bits per heavy atom. The highest BCUT2D eigenvalue weighted by molar-refractivity contribution is 5.98. The van der Waals surface area contributed by atoms with Crippen LogP contribution in [0.1, 0.15) is 51.3 Å². The highest BCUT2D eigenvalue weighted by atomic mass is 16.2. The fraction of sp³-hybridized carbons (Fsp3) is 0.529. The van der Waals surface area contributed by atoms with Crippen LogP contribution in [0.3, 0.4) is 0 Å². The first kappa shape index (κ1) is 15.0. The van der Waals surface area contributed by atoms with Crippen LogP contribution >= 0.6 is 0 Å². The van der Waals surface area contributed by atoms with Crippen molar-refractivity contribution in [3.8, 4) is 0 Å². The monoisotopic (exact) mass is 300 g/mol. The molecule has 1 heterocycles. The number of carbonyl (C=O) groups excluding carboxylic acids is 1. The van der Waals surface area contributed by atoms with Crippen LogP contribution in [0, 0.1) is 0 Å². The number of nitrogens with two attached hydrogens (primary N) is 1. The molecule has 1 fully saturated rings. The summed E-state index contributed by atoms with van der Waals surface area (Å²) in [6.45, 7) is 3.80. The summed E-state index contributed by atoms with van der Waals surface area (Å²) in [7, 11) is 2.06. The minimum Gasteiger partial charge on any atom is -0.331 e. The van der Waals surface area contributed by atoms with Crippen LogP contribution in [0.2, 0.25) is 0 Å². The maximum atomic E-state index is 12.3. The lowest BCUT2D eigenvalue weighted by Crippen LogP contribution is -2.48. The molecule has 1 saturated carbocycles. The van der Waals surface area contributed by atoms with E-state index in [9.17, 15) is 4.79 Å². The number of aryl methyl sites for hydroxylation is 1. The maximum Gasteiger partial charge on any atom is 0.244 e. The van der Waals surface area contributed by atoms with Gasteiger partial charge in [0, 0.05) is 18.7 Å². The summed E-state index contributed by atoms with van der Waals surface area (Å²) in [6.07, 6.45) is 3.99. The van der Waals surface area contributed by atoms with E-state index in [1.54, 1.807) is 6.92 Å². The molecule has 2 aromatic rings. The highest BCUT2D eigenvalue weighted by Crippen LogP contribution is 2.40. The Bertz CT molecular complexity index is 713. The minimum absolute atomic E-state index is 0.146. The van der Waals surface area contributed by atoms with Crippen molar-refractivity contribution in [2.24, 2.45) is 12.8 Å². The van der Waals surface area contributed by atoms with E-state index in [1.807, 2.05) is 25.1 Å². The second-order valence-corrected chi connectivity index (χ2v) is 6.63. The van der Waals surface area contributed by atoms with Crippen LogP contribution in [0.25, 0.3) is 11.0 Å². The van der Waals surface area contributed by atoms with Crippen LogP contribution in [-0.4, -0.2) is 21.0 Å². The molecule has 0 aliphatic heterocycles. The van der Waals surface area contributed by atoms with E-state index in [0.717, 1.165) is 29.0 Å². The normalized spacial score (nSPS) is 17.5. The number of hydrogen-bond acceptors (Lipinski definition) is 3. The number of hydrogen-bond donors (Lipinski definition) is 2. The predicted octanol–water partition coefficient (Wildman–Crippen LogP) is 2.91. The zero-order valence-electron chi connectivity index (χ0n) is 13.5. The van der Waals surface area contributed by atoms with E-state index in [1.165, 1.54) is 12.8 Å². The average molecular weight is 300 g/mol. The molecular weight excluding hydrogens is 276 g/mol. The molecule has 1 aliphatic rings. The summed E-state index contributed by atoms with van der Waals surface area (Å²) < 4.78 is 2.16. The quantitative estimate of drug-likeness (QED) is 0.891. The van der Waals surface area contributed by atoms with Gasteiger partial charge in [-0.15, -0.1) is 0 Å². The number of anilines is 1. The fourth-order valence-electron chi connectivity index (χ4n) is 2.91. The SMILES string of the molecule is CCCC(C)(N)C(=O)Nc1ccc2c(c1)nc(C1CC1)n2C. The lowest BCUT2D eigenvalue weighted by atomic mass is 9.96. The van der Waals surface area contributed by atoms with Crippen molar-refractivity contribution in [3.63, 3.8) is 0 Å². The van der Waals surface area contributed by atoms with Crippen molar-refractivity contribution in [1.29, 1.82) is 0 Å². The third-order valence-electron chi connectivity index (χ3n) is 4.40. The molecule has 1 aromatic carbocycles. The van der Waals surface area contributed by atoms with E-state index in [-0.39, 0.29) is 5.91 Å². The Labute approximate surface area is 130 Å². The van der Waals surface area contributed by atoms with Gasteiger partial charge in [0.1, 0.15) is 5.82 Å². The van der Waals surface area contributed by atoms with Gasteiger partial charge in [0.05, 0.1) is 16.6 Å². The van der Waals surface area contributed by atoms with Crippen molar-refractivity contribution in [2.75, 3.05) is 5.32 Å². The number of aromatic nitrogens is 2. The molecule has 1 atom stereocenters. The predicted molar refractivity (Wildman–Crippen MR) is 88.8 cm³/mol. The second-order valence-electron chi connectivity index (χ2n) is 6.63. The van der Waals surface area contributed by atoms with Crippen molar-refractivity contribution in [2.45, 2.75) is 51.0 Å². The zero-order valence-corrected chi connectivity index (χ0v) is 13.5. The van der Waals surface area contributed by atoms with Crippen LogP contribution < -0.4 is 11.1 Å². The molecule has 22 heavy (non-hydrogen) atoms. The van der Waals surface area contributed by atoms with Gasteiger partial charge in [-0.3, -0.25) is 4.79 Å². The Kier molecular flexibility index (Phi) is 3.68. The number of carbonyl (C=O) groups is 1. The van der Waals surface area contributed by atoms with Gasteiger partial charge in [-0.1, -0.05) is 13.3 Å². The fourth-order valence-corrected chi connectivity index (χ4v) is 2.91. The molecule has 1 unspecified atom stereocenters. The molecule has 1 aromatic heterocycles. The molecule has 0 radical (unpaired) electrons. The molecule has 0 saturated heterocycles. The first-order valence-corrected chi connectivity index (χ1v) is 7.99. The molecule has 0 bridgehead atoms. The van der Waals surface area contributed by atoms with E-state index in [0.29, 0.717) is 12.3 Å². The van der Waals surface area contributed by atoms with Crippen LogP contribution in [0.4, 0.5) is 5.69 Å². The first-order valence-electron chi connectivity index (χ1n) is 7.99. The molecule has 5 heteroatoms. The third kappa shape index (κ3) is 2.73. The number of benzene rings is 1. The first-order chi connectivity index (χ1) is 10.4. The van der Waals surface area contributed by atoms with E-state index >= 15 is 0 Å². The Morgan fingerprint density at radius 2 is 2.23 bits per heavy atom. The van der Waals surface area contributed by atoms with Gasteiger partial charge in [-0.2, -0.15) is 0 Å². The number of nitrogens with zero attached hydrogens (tertiary/aromatic N) is 2. The zero-order chi connectivity index (χ0) is 15.9. The van der Waals surface area contributed by atoms with Crippen molar-refractivity contribution < 1.29 is 4.79 Å². The molecular formula is C17H24N4O. The molecule has 3 N–H and O–H groups in total. The Balaban J connectivity index is 1.84. The van der Waals surface area contributed by atoms with E-state index in [4.69, 9.17) is 10.7 Å². The largest absolute Gasteiger partial charge is 0.331 e. The topological polar surface area (TPSA) is 72.9 Å². The van der Waals surface area contributed by atoms with E-state index < -0.39 is 5.54 Å². The standard InChI is InChI=1S/C17H24N4O/c1-4-9-17(2,18)16(22)19-12-7-8-14-13(10-12)20-15(21(14)3)11-5-6-11/h7-8,10-11H,4-6,9,18H2,1-3H3,(H,19,22). The van der Waals surface area contributed by atoms with Gasteiger partial charge < -0.3 is 15.6 Å². The van der Waals surface area contributed by atoms with Crippen molar-refractivity contribution >= 4 is 22.6 Å². The van der Waals surface area contributed by atoms with Gasteiger partial charge in [-0.25, -0.2) is 4.98 Å². The van der Waals surface area contributed by atoms with Gasteiger partial charge in [-0.05, 0) is 44.4 Å². The number of amides is 1. The molecule has 118 valence electrons. The minimum atomic E-state index is -0.840. The smallest absolute Gasteiger partial charge is 0.244 e. The summed E-state index contributed by atoms with van der Waals surface area (Å²) >= 11 is 0. The molecule has 5 nitrogen and oxygen atoms in total. The highest BCUT2D eigenvalue weighted by Gasteiger charge is 2.29. The summed E-state index contributed by atoms with van der Waals surface area (Å²) in [5, 5.41) is 2.92. The lowest BCUT2D eigenvalue weighted by Gasteiger charge is -2.22. The Hall–Kier alpha value is -1.88. The second kappa shape index (κ2) is 5.39. The number of rotatable bonds is 5.